The molecule has 4 aromatic rings. The molecule has 0 aliphatic carbocycles. The number of aromatic nitrogens is 2. The molecular formula is C26H26N4O. The van der Waals surface area contributed by atoms with E-state index in [4.69, 9.17) is 0 Å². The second-order valence-corrected chi connectivity index (χ2v) is 8.16. The third-order valence-corrected chi connectivity index (χ3v) is 5.21. The van der Waals surface area contributed by atoms with E-state index in [0.29, 0.717) is 11.6 Å². The molecule has 1 amide bonds. The Balaban J connectivity index is 1.44. The third-order valence-electron chi connectivity index (χ3n) is 5.21. The fraction of sp³-hybridized carbons (Fsp3) is 0.192. The molecule has 0 saturated carbocycles. The van der Waals surface area contributed by atoms with Gasteiger partial charge in [0.15, 0.2) is 0 Å². The van der Waals surface area contributed by atoms with Crippen LogP contribution in [0.3, 0.4) is 0 Å². The predicted octanol–water partition coefficient (Wildman–Crippen LogP) is 5.58. The second kappa shape index (κ2) is 8.96. The van der Waals surface area contributed by atoms with Crippen molar-refractivity contribution in [3.05, 3.63) is 89.6 Å². The molecule has 1 heterocycles. The Morgan fingerprint density at radius 3 is 2.48 bits per heavy atom. The zero-order chi connectivity index (χ0) is 21.8. The van der Waals surface area contributed by atoms with Crippen LogP contribution in [0.5, 0.6) is 0 Å². The van der Waals surface area contributed by atoms with E-state index in [9.17, 15) is 4.79 Å². The molecule has 0 radical (unpaired) electrons. The monoisotopic (exact) mass is 410 g/mol. The summed E-state index contributed by atoms with van der Waals surface area (Å²) in [4.78, 5) is 12.5. The highest BCUT2D eigenvalue weighted by atomic mass is 16.2. The Morgan fingerprint density at radius 2 is 1.74 bits per heavy atom. The van der Waals surface area contributed by atoms with E-state index < -0.39 is 0 Å². The summed E-state index contributed by atoms with van der Waals surface area (Å²) in [7, 11) is 0. The van der Waals surface area contributed by atoms with E-state index >= 15 is 0 Å². The number of fused-ring (bicyclic) bond motifs is 1. The first-order valence-electron chi connectivity index (χ1n) is 10.5. The van der Waals surface area contributed by atoms with Crippen LogP contribution in [0.1, 0.15) is 42.4 Å². The van der Waals surface area contributed by atoms with Gasteiger partial charge < -0.3 is 0 Å². The molecule has 4 rings (SSSR count). The molecule has 31 heavy (non-hydrogen) atoms. The predicted molar refractivity (Wildman–Crippen MR) is 126 cm³/mol. The normalized spacial score (nSPS) is 11.8. The molecule has 3 aromatic carbocycles. The average molecular weight is 411 g/mol. The van der Waals surface area contributed by atoms with Crippen LogP contribution >= 0.6 is 0 Å². The van der Waals surface area contributed by atoms with Crippen molar-refractivity contribution >= 4 is 22.4 Å². The number of nitrogens with zero attached hydrogens (tertiary/aromatic N) is 2. The molecule has 0 aliphatic heterocycles. The summed E-state index contributed by atoms with van der Waals surface area (Å²) < 4.78 is 0. The molecule has 1 aromatic heterocycles. The molecule has 5 nitrogen and oxygen atoms in total. The number of benzene rings is 3. The van der Waals surface area contributed by atoms with Gasteiger partial charge in [0.2, 0.25) is 0 Å². The van der Waals surface area contributed by atoms with Crippen LogP contribution in [0.2, 0.25) is 0 Å². The number of amides is 1. The summed E-state index contributed by atoms with van der Waals surface area (Å²) in [5.41, 5.74) is 7.69. The van der Waals surface area contributed by atoms with Crippen LogP contribution < -0.4 is 5.43 Å². The molecule has 0 unspecified atom stereocenters. The van der Waals surface area contributed by atoms with Crippen LogP contribution in [-0.4, -0.2) is 21.8 Å². The molecule has 0 spiro atoms. The number of hydrogen-bond donors (Lipinski definition) is 2. The Bertz CT molecular complexity index is 1240. The van der Waals surface area contributed by atoms with E-state index in [-0.39, 0.29) is 5.91 Å². The zero-order valence-electron chi connectivity index (χ0n) is 18.0. The fourth-order valence-electron chi connectivity index (χ4n) is 3.54. The van der Waals surface area contributed by atoms with E-state index in [1.54, 1.807) is 6.07 Å². The van der Waals surface area contributed by atoms with Crippen molar-refractivity contribution in [3.8, 4) is 11.3 Å². The van der Waals surface area contributed by atoms with Gasteiger partial charge in [0.1, 0.15) is 5.69 Å². The van der Waals surface area contributed by atoms with E-state index in [0.717, 1.165) is 34.3 Å². The summed E-state index contributed by atoms with van der Waals surface area (Å²) in [6.07, 6.45) is 1.04. The smallest absolute Gasteiger partial charge is 0.272 e. The first-order valence-corrected chi connectivity index (χ1v) is 10.5. The lowest BCUT2D eigenvalue weighted by Gasteiger charge is -2.05. The molecule has 156 valence electrons. The number of nitrogens with one attached hydrogen (secondary N) is 2. The quantitative estimate of drug-likeness (QED) is 0.322. The van der Waals surface area contributed by atoms with Crippen molar-refractivity contribution in [2.45, 2.75) is 27.2 Å². The molecule has 0 fully saturated rings. The number of hydrazone groups is 1. The largest absolute Gasteiger partial charge is 0.289 e. The fourth-order valence-corrected chi connectivity index (χ4v) is 3.54. The second-order valence-electron chi connectivity index (χ2n) is 8.16. The van der Waals surface area contributed by atoms with Crippen LogP contribution in [0.15, 0.2) is 77.9 Å². The van der Waals surface area contributed by atoms with Crippen molar-refractivity contribution in [1.29, 1.82) is 0 Å². The van der Waals surface area contributed by atoms with Crippen molar-refractivity contribution in [2.75, 3.05) is 0 Å². The summed E-state index contributed by atoms with van der Waals surface area (Å²) in [5, 5.41) is 13.7. The molecule has 0 saturated heterocycles. The summed E-state index contributed by atoms with van der Waals surface area (Å²) in [6.45, 7) is 6.29. The maximum Gasteiger partial charge on any atom is 0.289 e. The molecule has 0 aliphatic rings. The van der Waals surface area contributed by atoms with Crippen molar-refractivity contribution < 1.29 is 4.79 Å². The minimum Gasteiger partial charge on any atom is -0.272 e. The Hall–Kier alpha value is -3.73. The van der Waals surface area contributed by atoms with Gasteiger partial charge in [-0.05, 0) is 53.3 Å². The summed E-state index contributed by atoms with van der Waals surface area (Å²) in [6, 6.07) is 24.3. The van der Waals surface area contributed by atoms with Gasteiger partial charge in [0, 0.05) is 5.56 Å². The molecule has 2 N–H and O–H groups in total. The number of hydrogen-bond acceptors (Lipinski definition) is 3. The van der Waals surface area contributed by atoms with Gasteiger partial charge in [0.05, 0.1) is 11.4 Å². The van der Waals surface area contributed by atoms with Gasteiger partial charge in [-0.15, -0.1) is 0 Å². The lowest BCUT2D eigenvalue weighted by molar-refractivity contribution is 0.0950. The van der Waals surface area contributed by atoms with Gasteiger partial charge in [-0.1, -0.05) is 74.5 Å². The van der Waals surface area contributed by atoms with Crippen molar-refractivity contribution in [1.82, 2.24) is 15.6 Å². The number of aromatic amines is 1. The maximum atomic E-state index is 12.5. The van der Waals surface area contributed by atoms with Gasteiger partial charge in [-0.25, -0.2) is 5.43 Å². The minimum absolute atomic E-state index is 0.324. The van der Waals surface area contributed by atoms with E-state index in [1.165, 1.54) is 10.9 Å². The van der Waals surface area contributed by atoms with E-state index in [1.807, 2.05) is 37.3 Å². The highest BCUT2D eigenvalue weighted by Gasteiger charge is 2.11. The number of rotatable bonds is 6. The first-order chi connectivity index (χ1) is 15.0. The summed E-state index contributed by atoms with van der Waals surface area (Å²) >= 11 is 0. The van der Waals surface area contributed by atoms with Gasteiger partial charge in [-0.3, -0.25) is 9.89 Å². The van der Waals surface area contributed by atoms with E-state index in [2.05, 4.69) is 71.0 Å². The lowest BCUT2D eigenvalue weighted by atomic mass is 10.0. The van der Waals surface area contributed by atoms with Gasteiger partial charge >= 0.3 is 0 Å². The summed E-state index contributed by atoms with van der Waals surface area (Å²) in [5.74, 6) is 0.292. The number of carbonyl (C=O) groups excluding carboxylic acids is 1. The highest BCUT2D eigenvalue weighted by Crippen LogP contribution is 2.20. The maximum absolute atomic E-state index is 12.5. The van der Waals surface area contributed by atoms with Gasteiger partial charge in [-0.2, -0.15) is 10.2 Å². The highest BCUT2D eigenvalue weighted by molar-refractivity contribution is 6.03. The molecular weight excluding hydrogens is 384 g/mol. The number of carbonyl (C=O) groups is 1. The Labute approximate surface area is 182 Å². The van der Waals surface area contributed by atoms with Crippen LogP contribution in [0.4, 0.5) is 0 Å². The molecule has 0 atom stereocenters. The third kappa shape index (κ3) is 4.89. The van der Waals surface area contributed by atoms with Gasteiger partial charge in [0.25, 0.3) is 5.91 Å². The van der Waals surface area contributed by atoms with Crippen molar-refractivity contribution in [3.63, 3.8) is 0 Å². The Morgan fingerprint density at radius 1 is 1.00 bits per heavy atom. The minimum atomic E-state index is -0.324. The standard InChI is InChI=1S/C26H26N4O/c1-17(2)14-19-8-10-21(11-9-19)24-16-25(29-28-24)26(31)30-27-18(3)22-13-12-20-6-4-5-7-23(20)15-22/h4-13,15-17H,14H2,1-3H3,(H,28,29)(H,30,31)/b27-18+. The SMILES string of the molecule is C/C(=N\NC(=O)c1cc(-c2ccc(CC(C)C)cc2)n[nH]1)c1ccc2ccccc2c1. The van der Waals surface area contributed by atoms with Crippen LogP contribution in [0.25, 0.3) is 22.0 Å². The van der Waals surface area contributed by atoms with Crippen LogP contribution in [0, 0.1) is 5.92 Å². The Kier molecular flexibility index (Phi) is 5.94. The molecule has 0 bridgehead atoms. The van der Waals surface area contributed by atoms with Crippen LogP contribution in [-0.2, 0) is 6.42 Å². The first kappa shape index (κ1) is 20.5. The lowest BCUT2D eigenvalue weighted by Crippen LogP contribution is -2.19. The zero-order valence-corrected chi connectivity index (χ0v) is 18.0. The number of H-pyrrole nitrogens is 1. The van der Waals surface area contributed by atoms with Crippen molar-refractivity contribution in [2.24, 2.45) is 11.0 Å². The average Bonchev–Trinajstić information content (AvgIpc) is 3.27. The topological polar surface area (TPSA) is 70.1 Å². The molecule has 5 heteroatoms.